The number of allylic oxidation sites excluding steroid dienone is 1. The van der Waals surface area contributed by atoms with Gasteiger partial charge >= 0.3 is 0 Å². The van der Waals surface area contributed by atoms with Crippen LogP contribution < -0.4 is 0 Å². The second-order valence-corrected chi connectivity index (χ2v) is 6.32. The molecule has 0 saturated carbocycles. The number of hydrogen-bond donors (Lipinski definition) is 0. The Labute approximate surface area is 172 Å². The largest absolute Gasteiger partial charge is 0.269 e. The van der Waals surface area contributed by atoms with E-state index in [1.807, 2.05) is 36.4 Å². The Morgan fingerprint density at radius 2 is 1.10 bits per heavy atom. The Balaban J connectivity index is 1.74. The fourth-order valence-corrected chi connectivity index (χ4v) is 2.71. The lowest BCUT2D eigenvalue weighted by molar-refractivity contribution is -0.385. The SMILES string of the molecule is N#CC(=Cc1ccc(C=Cc2ccc([N+](=O)[O-])cc2)cc1)c1ccc([N+](=O)[O-])cc1. The fraction of sp³-hybridized carbons (Fsp3) is 0. The Kier molecular flexibility index (Phi) is 6.11. The first-order valence-corrected chi connectivity index (χ1v) is 8.85. The quantitative estimate of drug-likeness (QED) is 0.228. The van der Waals surface area contributed by atoms with Gasteiger partial charge in [-0.3, -0.25) is 20.2 Å². The topological polar surface area (TPSA) is 110 Å². The summed E-state index contributed by atoms with van der Waals surface area (Å²) in [6, 6.07) is 21.7. The molecule has 0 aromatic heterocycles. The molecule has 0 aliphatic rings. The number of nitriles is 1. The summed E-state index contributed by atoms with van der Waals surface area (Å²) in [6.07, 6.45) is 5.45. The van der Waals surface area contributed by atoms with E-state index in [9.17, 15) is 25.5 Å². The number of nitro groups is 2. The number of hydrogen-bond acceptors (Lipinski definition) is 5. The van der Waals surface area contributed by atoms with Crippen molar-refractivity contribution in [1.29, 1.82) is 5.26 Å². The van der Waals surface area contributed by atoms with E-state index in [-0.39, 0.29) is 11.4 Å². The van der Waals surface area contributed by atoms with Crippen molar-refractivity contribution < 1.29 is 9.85 Å². The van der Waals surface area contributed by atoms with Crippen LogP contribution in [0, 0.1) is 31.6 Å². The van der Waals surface area contributed by atoms with Crippen LogP contribution in [0.15, 0.2) is 72.8 Å². The zero-order valence-corrected chi connectivity index (χ0v) is 15.6. The summed E-state index contributed by atoms with van der Waals surface area (Å²) >= 11 is 0. The van der Waals surface area contributed by atoms with Crippen molar-refractivity contribution in [2.24, 2.45) is 0 Å². The highest BCUT2D eigenvalue weighted by Crippen LogP contribution is 2.21. The van der Waals surface area contributed by atoms with Gasteiger partial charge in [-0.15, -0.1) is 0 Å². The Hall–Kier alpha value is -4.57. The van der Waals surface area contributed by atoms with Gasteiger partial charge in [-0.1, -0.05) is 36.4 Å². The van der Waals surface area contributed by atoms with Crippen LogP contribution in [-0.2, 0) is 0 Å². The summed E-state index contributed by atoms with van der Waals surface area (Å²) < 4.78 is 0. The van der Waals surface area contributed by atoms with E-state index in [0.717, 1.165) is 16.7 Å². The van der Waals surface area contributed by atoms with Crippen molar-refractivity contribution in [2.75, 3.05) is 0 Å². The van der Waals surface area contributed by atoms with Gasteiger partial charge in [0.05, 0.1) is 21.5 Å². The molecule has 7 heteroatoms. The third kappa shape index (κ3) is 5.03. The molecular weight excluding hydrogens is 382 g/mol. The molecule has 0 amide bonds. The fourth-order valence-electron chi connectivity index (χ4n) is 2.71. The van der Waals surface area contributed by atoms with E-state index in [0.29, 0.717) is 11.1 Å². The van der Waals surface area contributed by atoms with Crippen LogP contribution in [0.5, 0.6) is 0 Å². The highest BCUT2D eigenvalue weighted by atomic mass is 16.6. The molecule has 3 rings (SSSR count). The number of non-ortho nitro benzene ring substituents is 2. The molecular formula is C23H15N3O4. The first-order valence-electron chi connectivity index (χ1n) is 8.85. The van der Waals surface area contributed by atoms with E-state index < -0.39 is 9.85 Å². The third-order valence-electron chi connectivity index (χ3n) is 4.33. The minimum absolute atomic E-state index is 0.0276. The molecule has 7 nitrogen and oxygen atoms in total. The van der Waals surface area contributed by atoms with Gasteiger partial charge in [0.15, 0.2) is 0 Å². The summed E-state index contributed by atoms with van der Waals surface area (Å²) in [6.45, 7) is 0. The molecule has 0 saturated heterocycles. The van der Waals surface area contributed by atoms with Gasteiger partial charge in [0.2, 0.25) is 0 Å². The average Bonchev–Trinajstić information content (AvgIpc) is 2.77. The van der Waals surface area contributed by atoms with Crippen LogP contribution in [0.4, 0.5) is 11.4 Å². The van der Waals surface area contributed by atoms with Crippen molar-refractivity contribution in [3.8, 4) is 6.07 Å². The second-order valence-electron chi connectivity index (χ2n) is 6.32. The molecule has 0 unspecified atom stereocenters. The van der Waals surface area contributed by atoms with Gasteiger partial charge in [0.25, 0.3) is 11.4 Å². The molecule has 0 N–H and O–H groups in total. The predicted molar refractivity (Wildman–Crippen MR) is 115 cm³/mol. The van der Waals surface area contributed by atoms with E-state index >= 15 is 0 Å². The molecule has 0 aliphatic carbocycles. The number of benzene rings is 3. The predicted octanol–water partition coefficient (Wildman–Crippen LogP) is 5.74. The normalized spacial score (nSPS) is 11.2. The Bertz CT molecular complexity index is 1170. The Morgan fingerprint density at radius 3 is 1.53 bits per heavy atom. The third-order valence-corrected chi connectivity index (χ3v) is 4.33. The van der Waals surface area contributed by atoms with Crippen LogP contribution in [0.25, 0.3) is 23.8 Å². The van der Waals surface area contributed by atoms with Gasteiger partial charge in [-0.05, 0) is 52.6 Å². The first kappa shape index (κ1) is 20.2. The summed E-state index contributed by atoms with van der Waals surface area (Å²) in [4.78, 5) is 20.5. The van der Waals surface area contributed by atoms with Gasteiger partial charge in [0.1, 0.15) is 0 Å². The maximum absolute atomic E-state index is 10.8. The molecule has 0 bridgehead atoms. The second kappa shape index (κ2) is 9.08. The monoisotopic (exact) mass is 397 g/mol. The van der Waals surface area contributed by atoms with Crippen molar-refractivity contribution in [2.45, 2.75) is 0 Å². The van der Waals surface area contributed by atoms with Crippen molar-refractivity contribution >= 4 is 35.2 Å². The molecule has 0 aliphatic heterocycles. The summed E-state index contributed by atoms with van der Waals surface area (Å²) in [5.74, 6) is 0. The van der Waals surface area contributed by atoms with E-state index in [1.54, 1.807) is 30.3 Å². The smallest absolute Gasteiger partial charge is 0.258 e. The molecule has 0 heterocycles. The first-order chi connectivity index (χ1) is 14.5. The van der Waals surface area contributed by atoms with Crippen molar-refractivity contribution in [1.82, 2.24) is 0 Å². The van der Waals surface area contributed by atoms with Crippen LogP contribution in [0.2, 0.25) is 0 Å². The molecule has 146 valence electrons. The van der Waals surface area contributed by atoms with Gasteiger partial charge in [-0.2, -0.15) is 5.26 Å². The van der Waals surface area contributed by atoms with E-state index in [1.165, 1.54) is 24.3 Å². The summed E-state index contributed by atoms with van der Waals surface area (Å²) in [5, 5.41) is 30.9. The minimum atomic E-state index is -0.484. The highest BCUT2D eigenvalue weighted by Gasteiger charge is 2.07. The zero-order valence-electron chi connectivity index (χ0n) is 15.6. The summed E-state index contributed by atoms with van der Waals surface area (Å²) in [5.41, 5.74) is 3.61. The van der Waals surface area contributed by atoms with Crippen LogP contribution in [-0.4, -0.2) is 9.85 Å². The van der Waals surface area contributed by atoms with Gasteiger partial charge in [-0.25, -0.2) is 0 Å². The number of nitro benzene ring substituents is 2. The highest BCUT2D eigenvalue weighted by molar-refractivity contribution is 5.89. The number of nitrogens with zero attached hydrogens (tertiary/aromatic N) is 3. The van der Waals surface area contributed by atoms with Crippen molar-refractivity contribution in [3.05, 3.63) is 115 Å². The maximum Gasteiger partial charge on any atom is 0.269 e. The summed E-state index contributed by atoms with van der Waals surface area (Å²) in [7, 11) is 0. The lowest BCUT2D eigenvalue weighted by atomic mass is 10.0. The lowest BCUT2D eigenvalue weighted by Crippen LogP contribution is -1.88. The molecule has 30 heavy (non-hydrogen) atoms. The maximum atomic E-state index is 10.8. The molecule has 0 fully saturated rings. The van der Waals surface area contributed by atoms with Gasteiger partial charge in [0, 0.05) is 24.3 Å². The zero-order chi connectivity index (χ0) is 21.5. The number of rotatable bonds is 6. The molecule has 3 aromatic carbocycles. The standard InChI is InChI=1S/C23H15N3O4/c24-16-21(20-9-13-23(14-10-20)26(29)30)15-19-5-3-17(4-6-19)1-2-18-7-11-22(12-8-18)25(27)28/h1-15H. The van der Waals surface area contributed by atoms with Crippen molar-refractivity contribution in [3.63, 3.8) is 0 Å². The van der Waals surface area contributed by atoms with Gasteiger partial charge < -0.3 is 0 Å². The van der Waals surface area contributed by atoms with Crippen LogP contribution >= 0.6 is 0 Å². The minimum Gasteiger partial charge on any atom is -0.258 e. The molecule has 0 spiro atoms. The Morgan fingerprint density at radius 1 is 0.700 bits per heavy atom. The van der Waals surface area contributed by atoms with Crippen LogP contribution in [0.3, 0.4) is 0 Å². The van der Waals surface area contributed by atoms with Crippen LogP contribution in [0.1, 0.15) is 22.3 Å². The molecule has 0 radical (unpaired) electrons. The van der Waals surface area contributed by atoms with E-state index in [4.69, 9.17) is 0 Å². The molecule has 3 aromatic rings. The average molecular weight is 397 g/mol. The van der Waals surface area contributed by atoms with E-state index in [2.05, 4.69) is 6.07 Å². The lowest BCUT2D eigenvalue weighted by Gasteiger charge is -2.01. The molecule has 0 atom stereocenters.